The number of para-hydroxylation sites is 2. The fraction of sp³-hybridized carbons (Fsp3) is 0. The van der Waals surface area contributed by atoms with Crippen LogP contribution in [0.25, 0.3) is 82.8 Å². The highest BCUT2D eigenvalue weighted by Gasteiger charge is 2.16. The molecule has 0 spiro atoms. The summed E-state index contributed by atoms with van der Waals surface area (Å²) in [6.45, 7) is 0. The summed E-state index contributed by atoms with van der Waals surface area (Å²) >= 11 is 0. The molecule has 9 aromatic rings. The van der Waals surface area contributed by atoms with Gasteiger partial charge in [-0.1, -0.05) is 115 Å². The number of nitrogens with zero attached hydrogens (tertiary/aromatic N) is 1. The summed E-state index contributed by atoms with van der Waals surface area (Å²) in [5.41, 5.74) is 12.5. The number of rotatable bonds is 4. The lowest BCUT2D eigenvalue weighted by molar-refractivity contribution is 0.669. The highest BCUT2D eigenvalue weighted by atomic mass is 16.3. The molecule has 7 aromatic carbocycles. The Bertz CT molecular complexity index is 2420. The summed E-state index contributed by atoms with van der Waals surface area (Å²) in [7, 11) is 0. The van der Waals surface area contributed by atoms with Crippen molar-refractivity contribution in [3.05, 3.63) is 164 Å². The first-order valence-electron chi connectivity index (χ1n) is 15.0. The van der Waals surface area contributed by atoms with Gasteiger partial charge < -0.3 is 8.98 Å². The van der Waals surface area contributed by atoms with Gasteiger partial charge in [0.15, 0.2) is 0 Å². The second-order valence-corrected chi connectivity index (χ2v) is 11.4. The average Bonchev–Trinajstić information content (AvgIpc) is 3.64. The molecule has 0 amide bonds. The van der Waals surface area contributed by atoms with Crippen molar-refractivity contribution in [2.45, 2.75) is 0 Å². The second kappa shape index (κ2) is 9.86. The molecule has 0 N–H and O–H groups in total. The van der Waals surface area contributed by atoms with Crippen molar-refractivity contribution in [2.75, 3.05) is 0 Å². The van der Waals surface area contributed by atoms with Crippen LogP contribution in [0.15, 0.2) is 168 Å². The highest BCUT2D eigenvalue weighted by Crippen LogP contribution is 2.39. The van der Waals surface area contributed by atoms with Crippen molar-refractivity contribution in [1.82, 2.24) is 4.57 Å². The Morgan fingerprint density at radius 2 is 0.886 bits per heavy atom. The summed E-state index contributed by atoms with van der Waals surface area (Å²) in [5.74, 6) is 0. The van der Waals surface area contributed by atoms with Crippen LogP contribution in [0.4, 0.5) is 0 Å². The van der Waals surface area contributed by atoms with Crippen LogP contribution < -0.4 is 0 Å². The molecule has 2 nitrogen and oxygen atoms in total. The molecule has 0 radical (unpaired) electrons. The molecule has 9 rings (SSSR count). The number of benzene rings is 7. The first kappa shape index (κ1) is 24.7. The molecule has 0 unspecified atom stereocenters. The molecule has 2 heterocycles. The molecule has 0 saturated carbocycles. The van der Waals surface area contributed by atoms with Gasteiger partial charge in [-0.05, 0) is 81.9 Å². The topological polar surface area (TPSA) is 18.1 Å². The van der Waals surface area contributed by atoms with Crippen LogP contribution in [-0.2, 0) is 0 Å². The number of furan rings is 1. The van der Waals surface area contributed by atoms with Crippen molar-refractivity contribution >= 4 is 43.7 Å². The maximum absolute atomic E-state index is 6.12. The third-order valence-corrected chi connectivity index (χ3v) is 8.77. The number of aromatic nitrogens is 1. The van der Waals surface area contributed by atoms with Crippen molar-refractivity contribution in [3.8, 4) is 39.1 Å². The predicted molar refractivity (Wildman–Crippen MR) is 184 cm³/mol. The molecule has 0 aliphatic carbocycles. The third-order valence-electron chi connectivity index (χ3n) is 8.77. The van der Waals surface area contributed by atoms with Crippen molar-refractivity contribution in [3.63, 3.8) is 0 Å². The lowest BCUT2D eigenvalue weighted by Crippen LogP contribution is -1.96. The van der Waals surface area contributed by atoms with Crippen molar-refractivity contribution in [2.24, 2.45) is 0 Å². The Hall–Kier alpha value is -5.86. The zero-order valence-electron chi connectivity index (χ0n) is 23.9. The monoisotopic (exact) mass is 561 g/mol. The van der Waals surface area contributed by atoms with Gasteiger partial charge in [-0.25, -0.2) is 0 Å². The molecule has 0 atom stereocenters. The maximum atomic E-state index is 6.12. The van der Waals surface area contributed by atoms with Crippen molar-refractivity contribution in [1.29, 1.82) is 0 Å². The Balaban J connectivity index is 1.30. The van der Waals surface area contributed by atoms with E-state index in [2.05, 4.69) is 156 Å². The van der Waals surface area contributed by atoms with Gasteiger partial charge in [0.1, 0.15) is 11.2 Å². The summed E-state index contributed by atoms with van der Waals surface area (Å²) in [6.07, 6.45) is 0. The standard InChI is InChI=1S/C42H27NO/c1-3-11-28(12-4-1)32-23-33(29-13-5-2-6-14-29)25-34(24-32)43-39-17-9-7-15-35(39)36-21-19-31(27-40(36)43)30-20-22-42-38(26-30)37-16-8-10-18-41(37)44-42/h1-27H. The Morgan fingerprint density at radius 3 is 1.64 bits per heavy atom. The van der Waals surface area contributed by atoms with Gasteiger partial charge in [0.25, 0.3) is 0 Å². The van der Waals surface area contributed by atoms with E-state index in [1.165, 1.54) is 55.2 Å². The molecular formula is C42H27NO. The maximum Gasteiger partial charge on any atom is 0.135 e. The molecule has 206 valence electrons. The van der Waals surface area contributed by atoms with E-state index in [9.17, 15) is 0 Å². The van der Waals surface area contributed by atoms with E-state index in [-0.39, 0.29) is 0 Å². The quantitative estimate of drug-likeness (QED) is 0.209. The molecule has 2 heteroatoms. The van der Waals surface area contributed by atoms with E-state index in [1.807, 2.05) is 12.1 Å². The Labute approximate surface area is 255 Å². The fourth-order valence-corrected chi connectivity index (χ4v) is 6.67. The van der Waals surface area contributed by atoms with Gasteiger partial charge in [-0.3, -0.25) is 0 Å². The molecule has 0 fully saturated rings. The van der Waals surface area contributed by atoms with Gasteiger partial charge >= 0.3 is 0 Å². The zero-order chi connectivity index (χ0) is 29.0. The van der Waals surface area contributed by atoms with E-state index >= 15 is 0 Å². The van der Waals surface area contributed by atoms with Gasteiger partial charge in [-0.2, -0.15) is 0 Å². The molecular weight excluding hydrogens is 534 g/mol. The van der Waals surface area contributed by atoms with Crippen LogP contribution in [0.3, 0.4) is 0 Å². The van der Waals surface area contributed by atoms with Gasteiger partial charge in [0.2, 0.25) is 0 Å². The SMILES string of the molecule is c1ccc(-c2cc(-c3ccccc3)cc(-n3c4ccccc4c4ccc(-c5ccc6oc7ccccc7c6c5)cc43)c2)cc1. The van der Waals surface area contributed by atoms with E-state index in [0.29, 0.717) is 0 Å². The molecule has 0 aliphatic rings. The summed E-state index contributed by atoms with van der Waals surface area (Å²) in [5, 5.41) is 4.77. The van der Waals surface area contributed by atoms with Gasteiger partial charge in [-0.15, -0.1) is 0 Å². The smallest absolute Gasteiger partial charge is 0.135 e. The first-order chi connectivity index (χ1) is 21.8. The molecule has 0 bridgehead atoms. The lowest BCUT2D eigenvalue weighted by Gasteiger charge is -2.14. The predicted octanol–water partition coefficient (Wildman–Crippen LogP) is 11.7. The van der Waals surface area contributed by atoms with Crippen LogP contribution in [0.1, 0.15) is 0 Å². The summed E-state index contributed by atoms with van der Waals surface area (Å²) < 4.78 is 8.55. The summed E-state index contributed by atoms with van der Waals surface area (Å²) in [4.78, 5) is 0. The molecule has 2 aromatic heterocycles. The van der Waals surface area contributed by atoms with Crippen LogP contribution >= 0.6 is 0 Å². The third kappa shape index (κ3) is 3.96. The minimum absolute atomic E-state index is 0.913. The zero-order valence-corrected chi connectivity index (χ0v) is 23.9. The van der Waals surface area contributed by atoms with E-state index in [0.717, 1.165) is 27.6 Å². The number of hydrogen-bond donors (Lipinski definition) is 0. The van der Waals surface area contributed by atoms with E-state index < -0.39 is 0 Å². The second-order valence-electron chi connectivity index (χ2n) is 11.4. The number of hydrogen-bond acceptors (Lipinski definition) is 1. The fourth-order valence-electron chi connectivity index (χ4n) is 6.67. The molecule has 0 saturated heterocycles. The van der Waals surface area contributed by atoms with Crippen LogP contribution in [0.2, 0.25) is 0 Å². The van der Waals surface area contributed by atoms with Crippen LogP contribution in [0.5, 0.6) is 0 Å². The van der Waals surface area contributed by atoms with Crippen molar-refractivity contribution < 1.29 is 4.42 Å². The van der Waals surface area contributed by atoms with E-state index in [4.69, 9.17) is 4.42 Å². The largest absolute Gasteiger partial charge is 0.456 e. The van der Waals surface area contributed by atoms with Gasteiger partial charge in [0.05, 0.1) is 11.0 Å². The minimum atomic E-state index is 0.913. The minimum Gasteiger partial charge on any atom is -0.456 e. The first-order valence-corrected chi connectivity index (χ1v) is 15.0. The lowest BCUT2D eigenvalue weighted by atomic mass is 9.98. The molecule has 44 heavy (non-hydrogen) atoms. The number of fused-ring (bicyclic) bond motifs is 6. The van der Waals surface area contributed by atoms with Crippen LogP contribution in [0, 0.1) is 0 Å². The van der Waals surface area contributed by atoms with Crippen LogP contribution in [-0.4, -0.2) is 4.57 Å². The summed E-state index contributed by atoms with van der Waals surface area (Å²) in [6, 6.07) is 58.7. The Morgan fingerprint density at radius 1 is 0.318 bits per heavy atom. The normalized spacial score (nSPS) is 11.6. The Kier molecular flexibility index (Phi) is 5.54. The highest BCUT2D eigenvalue weighted by molar-refractivity contribution is 6.11. The molecule has 0 aliphatic heterocycles. The van der Waals surface area contributed by atoms with E-state index in [1.54, 1.807) is 0 Å². The average molecular weight is 562 g/mol. The van der Waals surface area contributed by atoms with Gasteiger partial charge in [0, 0.05) is 27.2 Å².